The van der Waals surface area contributed by atoms with Crippen LogP contribution in [0.2, 0.25) is 0 Å². The fourth-order valence-electron chi connectivity index (χ4n) is 2.35. The van der Waals surface area contributed by atoms with E-state index in [4.69, 9.17) is 0 Å². The van der Waals surface area contributed by atoms with Crippen molar-refractivity contribution in [1.29, 1.82) is 0 Å². The van der Waals surface area contributed by atoms with Gasteiger partial charge in [0.15, 0.2) is 5.82 Å². The second kappa shape index (κ2) is 5.31. The molecule has 0 bridgehead atoms. The smallest absolute Gasteiger partial charge is 0.163 e. The highest BCUT2D eigenvalue weighted by Crippen LogP contribution is 2.24. The molecule has 0 radical (unpaired) electrons. The first-order valence-electron chi connectivity index (χ1n) is 6.76. The average molecular weight is 251 g/mol. The summed E-state index contributed by atoms with van der Waals surface area (Å²) in [6, 6.07) is 0. The highest BCUT2D eigenvalue weighted by atomic mass is 15.0. The van der Waals surface area contributed by atoms with E-state index in [-0.39, 0.29) is 5.92 Å². The molecule has 2 aliphatic rings. The van der Waals surface area contributed by atoms with Crippen LogP contribution in [0.4, 0.5) is 0 Å². The van der Waals surface area contributed by atoms with Gasteiger partial charge in [-0.3, -0.25) is 0 Å². The van der Waals surface area contributed by atoms with E-state index in [0.29, 0.717) is 0 Å². The average Bonchev–Trinajstić information content (AvgIpc) is 2.48. The van der Waals surface area contributed by atoms with Crippen LogP contribution in [0, 0.1) is 6.92 Å². The molecule has 1 unspecified atom stereocenters. The summed E-state index contributed by atoms with van der Waals surface area (Å²) in [7, 11) is 0. The summed E-state index contributed by atoms with van der Waals surface area (Å²) < 4.78 is 0. The molecule has 0 N–H and O–H groups in total. The van der Waals surface area contributed by atoms with Gasteiger partial charge in [0, 0.05) is 11.5 Å². The van der Waals surface area contributed by atoms with Gasteiger partial charge in [-0.25, -0.2) is 15.0 Å². The second-order valence-electron chi connectivity index (χ2n) is 4.86. The molecule has 0 amide bonds. The van der Waals surface area contributed by atoms with Crippen molar-refractivity contribution in [3.05, 3.63) is 60.0 Å². The number of hydrogen-bond donors (Lipinski definition) is 0. The molecular formula is C16H17N3. The fourth-order valence-corrected chi connectivity index (χ4v) is 2.35. The minimum absolute atomic E-state index is 0.277. The van der Waals surface area contributed by atoms with E-state index in [2.05, 4.69) is 57.5 Å². The summed E-state index contributed by atoms with van der Waals surface area (Å²) in [4.78, 5) is 13.6. The van der Waals surface area contributed by atoms with Crippen LogP contribution < -0.4 is 0 Å². The molecule has 19 heavy (non-hydrogen) atoms. The topological polar surface area (TPSA) is 38.7 Å². The van der Waals surface area contributed by atoms with Crippen LogP contribution in [-0.2, 0) is 0 Å². The predicted molar refractivity (Wildman–Crippen MR) is 76.6 cm³/mol. The molecule has 0 fully saturated rings. The van der Waals surface area contributed by atoms with Gasteiger partial charge in [0.1, 0.15) is 11.6 Å². The Morgan fingerprint density at radius 3 is 2.74 bits per heavy atom. The Morgan fingerprint density at radius 2 is 2.00 bits per heavy atom. The van der Waals surface area contributed by atoms with Gasteiger partial charge in [0.25, 0.3) is 0 Å². The van der Waals surface area contributed by atoms with Gasteiger partial charge >= 0.3 is 0 Å². The highest BCUT2D eigenvalue weighted by molar-refractivity contribution is 5.70. The van der Waals surface area contributed by atoms with Crippen molar-refractivity contribution in [2.45, 2.75) is 32.1 Å². The SMILES string of the molecule is Cc1nc(C2=CCCC=C2)nc(C2C=CC=CC2)n1. The summed E-state index contributed by atoms with van der Waals surface area (Å²) in [6.07, 6.45) is 18.1. The summed E-state index contributed by atoms with van der Waals surface area (Å²) in [5.41, 5.74) is 1.12. The molecule has 3 rings (SSSR count). The van der Waals surface area contributed by atoms with E-state index < -0.39 is 0 Å². The van der Waals surface area contributed by atoms with Crippen LogP contribution in [-0.4, -0.2) is 15.0 Å². The van der Waals surface area contributed by atoms with Crippen molar-refractivity contribution in [2.24, 2.45) is 0 Å². The second-order valence-corrected chi connectivity index (χ2v) is 4.86. The van der Waals surface area contributed by atoms with Crippen molar-refractivity contribution in [1.82, 2.24) is 15.0 Å². The van der Waals surface area contributed by atoms with Gasteiger partial charge in [-0.1, -0.05) is 42.5 Å². The zero-order chi connectivity index (χ0) is 13.1. The number of aryl methyl sites for hydroxylation is 1. The minimum Gasteiger partial charge on any atom is -0.218 e. The summed E-state index contributed by atoms with van der Waals surface area (Å²) in [5, 5.41) is 0. The van der Waals surface area contributed by atoms with E-state index in [1.54, 1.807) is 0 Å². The monoisotopic (exact) mass is 251 g/mol. The Kier molecular flexibility index (Phi) is 3.36. The van der Waals surface area contributed by atoms with Gasteiger partial charge in [-0.2, -0.15) is 0 Å². The Hall–Kier alpha value is -2.03. The molecule has 0 saturated carbocycles. The molecule has 1 aromatic heterocycles. The normalized spacial score (nSPS) is 21.5. The molecular weight excluding hydrogens is 234 g/mol. The van der Waals surface area contributed by atoms with Crippen molar-refractivity contribution in [2.75, 3.05) is 0 Å². The lowest BCUT2D eigenvalue weighted by Crippen LogP contribution is -2.09. The molecule has 1 heterocycles. The third-order valence-corrected chi connectivity index (χ3v) is 3.33. The summed E-state index contributed by atoms with van der Waals surface area (Å²) in [5.74, 6) is 2.76. The largest absolute Gasteiger partial charge is 0.218 e. The molecule has 0 aromatic carbocycles. The lowest BCUT2D eigenvalue weighted by atomic mass is 10.00. The van der Waals surface area contributed by atoms with E-state index in [1.807, 2.05) is 6.92 Å². The maximum absolute atomic E-state index is 4.65. The maximum Gasteiger partial charge on any atom is 0.163 e. The third kappa shape index (κ3) is 2.70. The van der Waals surface area contributed by atoms with Crippen molar-refractivity contribution in [3.8, 4) is 0 Å². The zero-order valence-electron chi connectivity index (χ0n) is 11.1. The Labute approximate surface area is 113 Å². The lowest BCUT2D eigenvalue weighted by Gasteiger charge is -2.14. The van der Waals surface area contributed by atoms with Gasteiger partial charge in [0.2, 0.25) is 0 Å². The highest BCUT2D eigenvalue weighted by Gasteiger charge is 2.15. The molecule has 3 heteroatoms. The maximum atomic E-state index is 4.65. The van der Waals surface area contributed by atoms with Crippen LogP contribution in [0.25, 0.3) is 5.57 Å². The zero-order valence-corrected chi connectivity index (χ0v) is 11.1. The van der Waals surface area contributed by atoms with Gasteiger partial charge in [0.05, 0.1) is 0 Å². The van der Waals surface area contributed by atoms with Crippen LogP contribution >= 0.6 is 0 Å². The van der Waals surface area contributed by atoms with Crippen LogP contribution in [0.15, 0.2) is 42.5 Å². The summed E-state index contributed by atoms with van der Waals surface area (Å²) >= 11 is 0. The molecule has 0 aliphatic heterocycles. The minimum atomic E-state index is 0.277. The Balaban J connectivity index is 1.96. The summed E-state index contributed by atoms with van der Waals surface area (Å²) in [6.45, 7) is 1.93. The molecule has 2 aliphatic carbocycles. The Morgan fingerprint density at radius 1 is 1.05 bits per heavy atom. The predicted octanol–water partition coefficient (Wildman–Crippen LogP) is 3.51. The standard InChI is InChI=1S/C16H17N3/c1-12-17-15(13-8-4-2-5-9-13)19-16(18-12)14-10-6-3-7-11-14/h2,4-6,8,10-11,13H,3,7,9H2,1H3. The number of allylic oxidation sites excluding steroid dienone is 8. The van der Waals surface area contributed by atoms with Crippen molar-refractivity contribution in [3.63, 3.8) is 0 Å². The van der Waals surface area contributed by atoms with E-state index in [9.17, 15) is 0 Å². The first-order chi connectivity index (χ1) is 9.33. The molecule has 1 aromatic rings. The molecule has 0 saturated heterocycles. The van der Waals surface area contributed by atoms with E-state index in [0.717, 1.165) is 42.3 Å². The molecule has 1 atom stereocenters. The number of aromatic nitrogens is 3. The van der Waals surface area contributed by atoms with Crippen LogP contribution in [0.1, 0.15) is 42.7 Å². The number of rotatable bonds is 2. The lowest BCUT2D eigenvalue weighted by molar-refractivity contribution is 0.740. The number of hydrogen-bond acceptors (Lipinski definition) is 3. The van der Waals surface area contributed by atoms with E-state index >= 15 is 0 Å². The molecule has 3 nitrogen and oxygen atoms in total. The van der Waals surface area contributed by atoms with E-state index in [1.165, 1.54) is 0 Å². The first kappa shape index (κ1) is 12.0. The third-order valence-electron chi connectivity index (χ3n) is 3.33. The van der Waals surface area contributed by atoms with Gasteiger partial charge < -0.3 is 0 Å². The number of nitrogens with zero attached hydrogens (tertiary/aromatic N) is 3. The van der Waals surface area contributed by atoms with Crippen molar-refractivity contribution < 1.29 is 0 Å². The Bertz CT molecular complexity index is 594. The molecule has 0 spiro atoms. The van der Waals surface area contributed by atoms with Crippen LogP contribution in [0.5, 0.6) is 0 Å². The van der Waals surface area contributed by atoms with Gasteiger partial charge in [-0.15, -0.1) is 0 Å². The fraction of sp³-hybridized carbons (Fsp3) is 0.312. The van der Waals surface area contributed by atoms with Crippen LogP contribution in [0.3, 0.4) is 0 Å². The van der Waals surface area contributed by atoms with Crippen molar-refractivity contribution >= 4 is 5.57 Å². The quantitative estimate of drug-likeness (QED) is 0.807. The van der Waals surface area contributed by atoms with Gasteiger partial charge in [-0.05, 0) is 26.2 Å². The molecule has 96 valence electrons. The first-order valence-corrected chi connectivity index (χ1v) is 6.76.